The molecule has 0 aromatic carbocycles. The van der Waals surface area contributed by atoms with Gasteiger partial charge >= 0.3 is 5.97 Å². The van der Waals surface area contributed by atoms with Crippen molar-refractivity contribution in [3.05, 3.63) is 28.4 Å². The number of hydrogen-bond donors (Lipinski definition) is 2. The summed E-state index contributed by atoms with van der Waals surface area (Å²) in [6, 6.07) is 1.48. The maximum Gasteiger partial charge on any atom is 0.303 e. The Bertz CT molecular complexity index is 704. The molecule has 1 fully saturated rings. The zero-order valence-electron chi connectivity index (χ0n) is 10.7. The smallest absolute Gasteiger partial charge is 0.303 e. The van der Waals surface area contributed by atoms with Gasteiger partial charge in [-0.2, -0.15) is 16.3 Å². The summed E-state index contributed by atoms with van der Waals surface area (Å²) in [5, 5.41) is 11.5. The van der Waals surface area contributed by atoms with Crippen LogP contribution in [0.3, 0.4) is 0 Å². The molecule has 1 aliphatic rings. The molecule has 2 aromatic rings. The number of hydrogen-bond acceptors (Lipinski definition) is 5. The Hall–Kier alpha value is -1.83. The SMILES string of the molecule is O=C(O)CC1(CSCc2cc(=O)n3[nH]cnc3n2)CC1. The highest BCUT2D eigenvalue weighted by molar-refractivity contribution is 7.98. The molecule has 8 heteroatoms. The number of fused-ring (bicyclic) bond motifs is 1. The van der Waals surface area contributed by atoms with Gasteiger partial charge in [0.05, 0.1) is 12.1 Å². The minimum atomic E-state index is -0.739. The largest absolute Gasteiger partial charge is 0.481 e. The average Bonchev–Trinajstić information content (AvgIpc) is 2.95. The van der Waals surface area contributed by atoms with Gasteiger partial charge in [0.2, 0.25) is 0 Å². The first-order chi connectivity index (χ1) is 9.58. The van der Waals surface area contributed by atoms with E-state index in [4.69, 9.17) is 5.11 Å². The van der Waals surface area contributed by atoms with E-state index in [1.54, 1.807) is 11.8 Å². The van der Waals surface area contributed by atoms with Gasteiger partial charge in [0.1, 0.15) is 6.33 Å². The Morgan fingerprint density at radius 3 is 3.05 bits per heavy atom. The van der Waals surface area contributed by atoms with Crippen molar-refractivity contribution in [1.29, 1.82) is 0 Å². The molecule has 3 rings (SSSR count). The summed E-state index contributed by atoms with van der Waals surface area (Å²) in [6.45, 7) is 0. The molecule has 7 nitrogen and oxygen atoms in total. The maximum absolute atomic E-state index is 11.7. The number of thioether (sulfide) groups is 1. The third kappa shape index (κ3) is 2.69. The molecule has 2 N–H and O–H groups in total. The zero-order valence-corrected chi connectivity index (χ0v) is 11.5. The number of carboxylic acid groups (broad SMARTS) is 1. The van der Waals surface area contributed by atoms with E-state index in [-0.39, 0.29) is 17.4 Å². The zero-order chi connectivity index (χ0) is 14.2. The van der Waals surface area contributed by atoms with Crippen LogP contribution in [0.15, 0.2) is 17.2 Å². The Labute approximate surface area is 118 Å². The predicted molar refractivity (Wildman–Crippen MR) is 73.7 cm³/mol. The van der Waals surface area contributed by atoms with Crippen LogP contribution in [-0.2, 0) is 10.5 Å². The van der Waals surface area contributed by atoms with Gasteiger partial charge < -0.3 is 5.11 Å². The van der Waals surface area contributed by atoms with Crippen molar-refractivity contribution in [2.24, 2.45) is 5.41 Å². The standard InChI is InChI=1S/C12H14N4O3S/c17-9-3-8(15-11-13-7-14-16(9)11)5-20-6-12(1-2-12)4-10(18)19/h3,7H,1-2,4-6H2,(H,18,19)(H,13,14,15). The van der Waals surface area contributed by atoms with E-state index in [2.05, 4.69) is 15.1 Å². The van der Waals surface area contributed by atoms with Crippen molar-refractivity contribution in [2.75, 3.05) is 5.75 Å². The molecule has 2 aromatic heterocycles. The second-order valence-corrected chi connectivity index (χ2v) is 6.16. The number of nitrogens with one attached hydrogen (secondary N) is 1. The van der Waals surface area contributed by atoms with Gasteiger partial charge in [-0.1, -0.05) is 0 Å². The number of rotatable bonds is 6. The Morgan fingerprint density at radius 2 is 2.35 bits per heavy atom. The van der Waals surface area contributed by atoms with E-state index in [1.807, 2.05) is 0 Å². The molecular formula is C12H14N4O3S. The second kappa shape index (κ2) is 4.93. The van der Waals surface area contributed by atoms with Crippen molar-refractivity contribution in [3.8, 4) is 0 Å². The third-order valence-corrected chi connectivity index (χ3v) is 4.78. The fraction of sp³-hybridized carbons (Fsp3) is 0.500. The lowest BCUT2D eigenvalue weighted by atomic mass is 10.1. The second-order valence-electron chi connectivity index (χ2n) is 5.17. The van der Waals surface area contributed by atoms with Gasteiger partial charge in [-0.15, -0.1) is 0 Å². The van der Waals surface area contributed by atoms with E-state index in [9.17, 15) is 9.59 Å². The lowest BCUT2D eigenvalue weighted by Gasteiger charge is -2.11. The maximum atomic E-state index is 11.7. The number of aliphatic carboxylic acids is 1. The highest BCUT2D eigenvalue weighted by Gasteiger charge is 2.44. The van der Waals surface area contributed by atoms with Crippen LogP contribution in [0.25, 0.3) is 5.78 Å². The van der Waals surface area contributed by atoms with E-state index in [1.165, 1.54) is 16.9 Å². The van der Waals surface area contributed by atoms with Gasteiger partial charge in [-0.25, -0.2) is 9.97 Å². The quantitative estimate of drug-likeness (QED) is 0.821. The highest BCUT2D eigenvalue weighted by Crippen LogP contribution is 2.51. The summed E-state index contributed by atoms with van der Waals surface area (Å²) in [4.78, 5) is 30.8. The fourth-order valence-electron chi connectivity index (χ4n) is 2.18. The third-order valence-electron chi connectivity index (χ3n) is 3.46. The molecule has 1 aliphatic carbocycles. The van der Waals surface area contributed by atoms with Crippen LogP contribution in [0, 0.1) is 5.41 Å². The molecule has 0 spiro atoms. The fourth-order valence-corrected chi connectivity index (χ4v) is 3.47. The lowest BCUT2D eigenvalue weighted by Crippen LogP contribution is -2.16. The molecule has 20 heavy (non-hydrogen) atoms. The van der Waals surface area contributed by atoms with Crippen LogP contribution < -0.4 is 5.56 Å². The molecule has 106 valence electrons. The molecule has 0 saturated heterocycles. The van der Waals surface area contributed by atoms with Crippen LogP contribution in [0.2, 0.25) is 0 Å². The Balaban J connectivity index is 1.63. The van der Waals surface area contributed by atoms with E-state index in [0.717, 1.165) is 18.6 Å². The number of carbonyl (C=O) groups is 1. The van der Waals surface area contributed by atoms with Crippen molar-refractivity contribution in [1.82, 2.24) is 19.6 Å². The number of carboxylic acids is 1. The summed E-state index contributed by atoms with van der Waals surface area (Å²) in [7, 11) is 0. The normalized spacial score (nSPS) is 16.4. The van der Waals surface area contributed by atoms with Crippen molar-refractivity contribution < 1.29 is 9.90 Å². The van der Waals surface area contributed by atoms with E-state index < -0.39 is 5.97 Å². The minimum Gasteiger partial charge on any atom is -0.481 e. The first kappa shape index (κ1) is 13.2. The summed E-state index contributed by atoms with van der Waals surface area (Å²) in [5.41, 5.74) is 0.454. The molecule has 0 amide bonds. The lowest BCUT2D eigenvalue weighted by molar-refractivity contribution is -0.138. The molecule has 0 unspecified atom stereocenters. The monoisotopic (exact) mass is 294 g/mol. The highest BCUT2D eigenvalue weighted by atomic mass is 32.2. The first-order valence-corrected chi connectivity index (χ1v) is 7.45. The number of aromatic nitrogens is 4. The van der Waals surface area contributed by atoms with Crippen LogP contribution >= 0.6 is 11.8 Å². The van der Waals surface area contributed by atoms with Gasteiger partial charge in [0, 0.05) is 11.8 Å². The molecule has 0 radical (unpaired) electrons. The van der Waals surface area contributed by atoms with Crippen LogP contribution in [0.4, 0.5) is 0 Å². The van der Waals surface area contributed by atoms with Crippen LogP contribution in [-0.4, -0.2) is 36.4 Å². The van der Waals surface area contributed by atoms with E-state index in [0.29, 0.717) is 17.2 Å². The predicted octanol–water partition coefficient (Wildman–Crippen LogP) is 0.906. The molecule has 0 bridgehead atoms. The minimum absolute atomic E-state index is 0.0397. The van der Waals surface area contributed by atoms with Crippen LogP contribution in [0.1, 0.15) is 25.0 Å². The number of aromatic amines is 1. The van der Waals surface area contributed by atoms with Crippen molar-refractivity contribution in [2.45, 2.75) is 25.0 Å². The number of H-pyrrole nitrogens is 1. The van der Waals surface area contributed by atoms with Gasteiger partial charge in [-0.3, -0.25) is 14.7 Å². The Morgan fingerprint density at radius 1 is 1.55 bits per heavy atom. The van der Waals surface area contributed by atoms with Gasteiger partial charge in [0.25, 0.3) is 11.3 Å². The number of nitrogens with zero attached hydrogens (tertiary/aromatic N) is 3. The average molecular weight is 294 g/mol. The molecule has 2 heterocycles. The molecule has 0 aliphatic heterocycles. The summed E-state index contributed by atoms with van der Waals surface area (Å²) >= 11 is 1.63. The molecule has 1 saturated carbocycles. The van der Waals surface area contributed by atoms with Gasteiger partial charge in [-0.05, 0) is 24.0 Å². The van der Waals surface area contributed by atoms with Gasteiger partial charge in [0.15, 0.2) is 0 Å². The molecule has 0 atom stereocenters. The topological polar surface area (TPSA) is 100 Å². The van der Waals surface area contributed by atoms with E-state index >= 15 is 0 Å². The van der Waals surface area contributed by atoms with Crippen molar-refractivity contribution >= 4 is 23.5 Å². The summed E-state index contributed by atoms with van der Waals surface area (Å²) < 4.78 is 1.28. The summed E-state index contributed by atoms with van der Waals surface area (Å²) in [5.74, 6) is 1.01. The first-order valence-electron chi connectivity index (χ1n) is 6.30. The Kier molecular flexibility index (Phi) is 3.25. The molecular weight excluding hydrogens is 280 g/mol. The van der Waals surface area contributed by atoms with Crippen molar-refractivity contribution in [3.63, 3.8) is 0 Å². The van der Waals surface area contributed by atoms with Crippen LogP contribution in [0.5, 0.6) is 0 Å². The summed E-state index contributed by atoms with van der Waals surface area (Å²) in [6.07, 6.45) is 3.60.